The first-order valence-electron chi connectivity index (χ1n) is 5.78. The Morgan fingerprint density at radius 3 is 3.27 bits per heavy atom. The maximum absolute atomic E-state index is 5.01. The monoisotopic (exact) mass is 207 g/mol. The van der Waals surface area contributed by atoms with Gasteiger partial charge >= 0.3 is 0 Å². The van der Waals surface area contributed by atoms with Gasteiger partial charge < -0.3 is 9.84 Å². The molecule has 2 aliphatic rings. The van der Waals surface area contributed by atoms with Crippen molar-refractivity contribution in [1.82, 2.24) is 15.4 Å². The van der Waals surface area contributed by atoms with Crippen molar-refractivity contribution in [2.45, 2.75) is 24.8 Å². The minimum absolute atomic E-state index is 0.115. The van der Waals surface area contributed by atoms with E-state index in [2.05, 4.69) is 15.4 Å². The number of piperazine rings is 1. The van der Waals surface area contributed by atoms with Crippen molar-refractivity contribution in [2.75, 3.05) is 26.2 Å². The highest BCUT2D eigenvalue weighted by Crippen LogP contribution is 2.37. The topological polar surface area (TPSA) is 41.3 Å². The van der Waals surface area contributed by atoms with Gasteiger partial charge in [0.15, 0.2) is 0 Å². The molecule has 2 aliphatic heterocycles. The van der Waals surface area contributed by atoms with Gasteiger partial charge in [-0.2, -0.15) is 0 Å². The largest absolute Gasteiger partial charge is 0.364 e. The van der Waals surface area contributed by atoms with Crippen molar-refractivity contribution in [3.05, 3.63) is 18.0 Å². The zero-order valence-electron chi connectivity index (χ0n) is 8.91. The zero-order valence-corrected chi connectivity index (χ0v) is 8.91. The summed E-state index contributed by atoms with van der Waals surface area (Å²) in [6.07, 6.45) is 5.50. The summed E-state index contributed by atoms with van der Waals surface area (Å²) in [5, 5.41) is 7.65. The third-order valence-electron chi connectivity index (χ3n) is 3.76. The molecule has 1 aromatic heterocycles. The van der Waals surface area contributed by atoms with E-state index in [4.69, 9.17) is 4.52 Å². The molecule has 0 amide bonds. The van der Waals surface area contributed by atoms with Gasteiger partial charge in [0, 0.05) is 25.7 Å². The minimum Gasteiger partial charge on any atom is -0.364 e. The van der Waals surface area contributed by atoms with Crippen molar-refractivity contribution in [2.24, 2.45) is 0 Å². The van der Waals surface area contributed by atoms with Gasteiger partial charge in [0.2, 0.25) is 0 Å². The molecule has 1 unspecified atom stereocenters. The molecule has 2 saturated heterocycles. The number of rotatable bonds is 1. The first-order chi connectivity index (χ1) is 7.42. The number of nitrogens with one attached hydrogen (secondary N) is 1. The Morgan fingerprint density at radius 1 is 1.40 bits per heavy atom. The third-order valence-corrected chi connectivity index (χ3v) is 3.76. The molecule has 82 valence electrons. The van der Waals surface area contributed by atoms with E-state index in [1.165, 1.54) is 25.8 Å². The summed E-state index contributed by atoms with van der Waals surface area (Å²) in [5.41, 5.74) is 1.22. The second-order valence-corrected chi connectivity index (χ2v) is 4.54. The van der Waals surface area contributed by atoms with Crippen LogP contribution >= 0.6 is 0 Å². The van der Waals surface area contributed by atoms with E-state index < -0.39 is 0 Å². The smallest absolute Gasteiger partial charge is 0.124 e. The van der Waals surface area contributed by atoms with Crippen molar-refractivity contribution in [1.29, 1.82) is 0 Å². The van der Waals surface area contributed by atoms with E-state index in [-0.39, 0.29) is 5.54 Å². The number of fused-ring (bicyclic) bond motifs is 1. The lowest BCUT2D eigenvalue weighted by Gasteiger charge is -2.49. The summed E-state index contributed by atoms with van der Waals surface area (Å²) < 4.78 is 5.01. The summed E-state index contributed by atoms with van der Waals surface area (Å²) in [7, 11) is 0. The molecule has 1 atom stereocenters. The van der Waals surface area contributed by atoms with Gasteiger partial charge in [0.05, 0.1) is 5.54 Å². The van der Waals surface area contributed by atoms with Gasteiger partial charge in [0.25, 0.3) is 0 Å². The predicted molar refractivity (Wildman–Crippen MR) is 56.5 cm³/mol. The summed E-state index contributed by atoms with van der Waals surface area (Å²) in [5.74, 6) is 0. The van der Waals surface area contributed by atoms with Crippen LogP contribution in [0.15, 0.2) is 16.9 Å². The molecule has 3 rings (SSSR count). The van der Waals surface area contributed by atoms with Crippen LogP contribution in [0, 0.1) is 0 Å². The molecule has 0 radical (unpaired) electrons. The van der Waals surface area contributed by atoms with Gasteiger partial charge in [-0.15, -0.1) is 0 Å². The first-order valence-corrected chi connectivity index (χ1v) is 5.78. The molecule has 0 aromatic carbocycles. The van der Waals surface area contributed by atoms with Crippen LogP contribution in [0.4, 0.5) is 0 Å². The van der Waals surface area contributed by atoms with Crippen molar-refractivity contribution in [3.8, 4) is 0 Å². The highest BCUT2D eigenvalue weighted by Gasteiger charge is 2.43. The molecular weight excluding hydrogens is 190 g/mol. The van der Waals surface area contributed by atoms with E-state index in [1.54, 1.807) is 6.26 Å². The molecule has 0 aliphatic carbocycles. The van der Waals surface area contributed by atoms with Crippen LogP contribution in [0.25, 0.3) is 0 Å². The lowest BCUT2D eigenvalue weighted by Crippen LogP contribution is -2.60. The maximum Gasteiger partial charge on any atom is 0.124 e. The SMILES string of the molecule is c1cc(C23CCCCN2CCNC3)no1. The Balaban J connectivity index is 1.97. The molecule has 15 heavy (non-hydrogen) atoms. The molecule has 4 nitrogen and oxygen atoms in total. The molecular formula is C11H17N3O. The fraction of sp³-hybridized carbons (Fsp3) is 0.727. The maximum atomic E-state index is 5.01. The van der Waals surface area contributed by atoms with Gasteiger partial charge in [-0.1, -0.05) is 5.16 Å². The Kier molecular flexibility index (Phi) is 2.25. The van der Waals surface area contributed by atoms with E-state index >= 15 is 0 Å². The quantitative estimate of drug-likeness (QED) is 0.744. The van der Waals surface area contributed by atoms with Crippen LogP contribution in [-0.2, 0) is 5.54 Å². The third kappa shape index (κ3) is 1.40. The highest BCUT2D eigenvalue weighted by atomic mass is 16.5. The van der Waals surface area contributed by atoms with Crippen LogP contribution in [0.3, 0.4) is 0 Å². The van der Waals surface area contributed by atoms with E-state index in [9.17, 15) is 0 Å². The molecule has 0 saturated carbocycles. The van der Waals surface area contributed by atoms with Gasteiger partial charge in [-0.05, 0) is 25.8 Å². The molecule has 0 bridgehead atoms. The molecule has 1 N–H and O–H groups in total. The molecule has 0 spiro atoms. The molecule has 1 aromatic rings. The van der Waals surface area contributed by atoms with E-state index in [0.717, 1.165) is 25.3 Å². The summed E-state index contributed by atoms with van der Waals surface area (Å²) in [4.78, 5) is 2.57. The zero-order chi connectivity index (χ0) is 10.1. The van der Waals surface area contributed by atoms with Gasteiger partial charge in [-0.25, -0.2) is 0 Å². The predicted octanol–water partition coefficient (Wildman–Crippen LogP) is 0.959. The Morgan fingerprint density at radius 2 is 2.40 bits per heavy atom. The lowest BCUT2D eigenvalue weighted by atomic mass is 9.82. The second kappa shape index (κ2) is 3.61. The molecule has 4 heteroatoms. The average molecular weight is 207 g/mol. The Bertz CT molecular complexity index is 311. The fourth-order valence-electron chi connectivity index (χ4n) is 2.96. The van der Waals surface area contributed by atoms with Crippen LogP contribution in [0.2, 0.25) is 0 Å². The van der Waals surface area contributed by atoms with Crippen LogP contribution in [-0.4, -0.2) is 36.2 Å². The first kappa shape index (κ1) is 9.36. The number of piperidine rings is 1. The van der Waals surface area contributed by atoms with E-state index in [0.29, 0.717) is 0 Å². The molecule has 3 heterocycles. The van der Waals surface area contributed by atoms with Crippen molar-refractivity contribution in [3.63, 3.8) is 0 Å². The number of aromatic nitrogens is 1. The van der Waals surface area contributed by atoms with Gasteiger partial charge in [0.1, 0.15) is 12.0 Å². The Hall–Kier alpha value is -0.870. The summed E-state index contributed by atoms with van der Waals surface area (Å²) in [6, 6.07) is 2.02. The number of hydrogen-bond acceptors (Lipinski definition) is 4. The molecule has 2 fully saturated rings. The number of hydrogen-bond donors (Lipinski definition) is 1. The Labute approximate surface area is 89.6 Å². The van der Waals surface area contributed by atoms with E-state index in [1.807, 2.05) is 6.07 Å². The standard InChI is InChI=1S/C11H17N3O/c1-2-6-14-7-5-12-9-11(14,4-1)10-3-8-15-13-10/h3,8,12H,1-2,4-7,9H2. The van der Waals surface area contributed by atoms with Gasteiger partial charge in [-0.3, -0.25) is 4.90 Å². The lowest BCUT2D eigenvalue weighted by molar-refractivity contribution is 0.0154. The highest BCUT2D eigenvalue weighted by molar-refractivity contribution is 5.16. The number of nitrogens with zero attached hydrogens (tertiary/aromatic N) is 2. The van der Waals surface area contributed by atoms with Crippen molar-refractivity contribution >= 4 is 0 Å². The summed E-state index contributed by atoms with van der Waals surface area (Å²) >= 11 is 0. The normalized spacial score (nSPS) is 32.5. The van der Waals surface area contributed by atoms with Crippen LogP contribution in [0.1, 0.15) is 25.0 Å². The van der Waals surface area contributed by atoms with Crippen molar-refractivity contribution < 1.29 is 4.52 Å². The minimum atomic E-state index is 0.115. The fourth-order valence-corrected chi connectivity index (χ4v) is 2.96. The van der Waals surface area contributed by atoms with Crippen LogP contribution < -0.4 is 5.32 Å². The average Bonchev–Trinajstić information content (AvgIpc) is 2.83. The van der Waals surface area contributed by atoms with Crippen LogP contribution in [0.5, 0.6) is 0 Å². The summed E-state index contributed by atoms with van der Waals surface area (Å²) in [6.45, 7) is 4.44. The second-order valence-electron chi connectivity index (χ2n) is 4.54.